The van der Waals surface area contributed by atoms with Crippen LogP contribution >= 0.6 is 11.8 Å². The number of hydrogen-bond acceptors (Lipinski definition) is 5. The predicted molar refractivity (Wildman–Crippen MR) is 134 cm³/mol. The first-order valence-electron chi connectivity index (χ1n) is 11.8. The average Bonchev–Trinajstić information content (AvgIpc) is 2.88. The van der Waals surface area contributed by atoms with E-state index >= 15 is 0 Å². The zero-order valence-electron chi connectivity index (χ0n) is 19.2. The fourth-order valence-corrected chi connectivity index (χ4v) is 6.31. The van der Waals surface area contributed by atoms with Crippen LogP contribution in [0.15, 0.2) is 53.4 Å². The molecule has 1 saturated carbocycles. The van der Waals surface area contributed by atoms with E-state index in [1.54, 1.807) is 11.8 Å². The second kappa shape index (κ2) is 10.8. The van der Waals surface area contributed by atoms with Gasteiger partial charge in [0.1, 0.15) is 6.54 Å². The molecule has 0 aromatic heterocycles. The fraction of sp³-hybridized carbons (Fsp3) is 0.423. The normalized spacial score (nSPS) is 17.6. The Balaban J connectivity index is 1.53. The number of thioether (sulfide) groups is 1. The molecule has 2 aliphatic rings. The highest BCUT2D eigenvalue weighted by atomic mass is 32.2. The van der Waals surface area contributed by atoms with Crippen molar-refractivity contribution in [3.8, 4) is 17.2 Å². The Hall–Kier alpha value is -3.18. The van der Waals surface area contributed by atoms with E-state index in [1.807, 2.05) is 18.2 Å². The molecule has 0 unspecified atom stereocenters. The van der Waals surface area contributed by atoms with Crippen molar-refractivity contribution in [2.75, 3.05) is 37.6 Å². The minimum absolute atomic E-state index is 0.0327. The second-order valence-corrected chi connectivity index (χ2v) is 10.2. The Morgan fingerprint density at radius 1 is 1.00 bits per heavy atom. The Morgan fingerprint density at radius 3 is 2.32 bits per heavy atom. The molecule has 34 heavy (non-hydrogen) atoms. The highest BCUT2D eigenvalue weighted by Gasteiger charge is 2.41. The first kappa shape index (κ1) is 24.0. The van der Waals surface area contributed by atoms with Gasteiger partial charge >= 0.3 is 6.09 Å². The molecule has 1 saturated heterocycles. The van der Waals surface area contributed by atoms with Gasteiger partial charge in [0.25, 0.3) is 0 Å². The summed E-state index contributed by atoms with van der Waals surface area (Å²) in [6.07, 6.45) is 3.92. The number of benzene rings is 2. The average molecular weight is 479 g/mol. The third-order valence-electron chi connectivity index (χ3n) is 6.69. The summed E-state index contributed by atoms with van der Waals surface area (Å²) < 4.78 is -0.547. The van der Waals surface area contributed by atoms with Gasteiger partial charge in [-0.15, -0.1) is 11.8 Å². The van der Waals surface area contributed by atoms with Crippen LogP contribution in [0.5, 0.6) is 0 Å². The molecule has 7 nitrogen and oxygen atoms in total. The van der Waals surface area contributed by atoms with Crippen molar-refractivity contribution in [1.82, 2.24) is 10.2 Å². The van der Waals surface area contributed by atoms with E-state index in [0.717, 1.165) is 53.8 Å². The van der Waals surface area contributed by atoms with E-state index in [0.29, 0.717) is 26.2 Å². The van der Waals surface area contributed by atoms with Gasteiger partial charge in [0, 0.05) is 36.8 Å². The number of hydrogen-bond donors (Lipinski definition) is 2. The zero-order chi connectivity index (χ0) is 24.0. The van der Waals surface area contributed by atoms with E-state index in [2.05, 4.69) is 46.6 Å². The Labute approximate surface area is 204 Å². The molecule has 1 aliphatic heterocycles. The van der Waals surface area contributed by atoms with Crippen molar-refractivity contribution < 1.29 is 14.7 Å². The van der Waals surface area contributed by atoms with Gasteiger partial charge in [-0.3, -0.25) is 4.79 Å². The summed E-state index contributed by atoms with van der Waals surface area (Å²) in [7, 11) is 0. The van der Waals surface area contributed by atoms with Crippen LogP contribution in [0.3, 0.4) is 0 Å². The summed E-state index contributed by atoms with van der Waals surface area (Å²) in [4.78, 5) is 29.0. The van der Waals surface area contributed by atoms with Crippen LogP contribution in [0.4, 0.5) is 10.5 Å². The lowest BCUT2D eigenvalue weighted by Crippen LogP contribution is -2.48. The van der Waals surface area contributed by atoms with Crippen LogP contribution in [0.1, 0.15) is 32.1 Å². The number of carboxylic acid groups (broad SMARTS) is 1. The Kier molecular flexibility index (Phi) is 7.63. The second-order valence-electron chi connectivity index (χ2n) is 8.80. The quantitative estimate of drug-likeness (QED) is 0.590. The van der Waals surface area contributed by atoms with Gasteiger partial charge in [0.2, 0.25) is 5.91 Å². The third-order valence-corrected chi connectivity index (χ3v) is 8.25. The van der Waals surface area contributed by atoms with E-state index in [9.17, 15) is 9.59 Å². The molecule has 0 bridgehead atoms. The molecule has 2 N–H and O–H groups in total. The number of carbonyl (C=O) groups excluding carboxylic acids is 1. The first-order valence-corrected chi connectivity index (χ1v) is 12.6. The van der Waals surface area contributed by atoms with Crippen molar-refractivity contribution in [3.63, 3.8) is 0 Å². The number of amides is 2. The lowest BCUT2D eigenvalue weighted by molar-refractivity contribution is -0.124. The number of rotatable bonds is 6. The van der Waals surface area contributed by atoms with Crippen molar-refractivity contribution >= 4 is 29.4 Å². The standard InChI is InChI=1S/C26H30N4O3S/c27-14-15-28-24(31)26(12-4-1-5-13-26)34-23-7-3-2-6-22(23)20-8-10-21(11-9-20)29-16-18-30(19-17-29)25(32)33/h2-3,6-11H,1,4-5,12-13,15-19H2,(H,28,31)(H,32,33). The molecule has 178 valence electrons. The van der Waals surface area contributed by atoms with Crippen LogP contribution < -0.4 is 10.2 Å². The summed E-state index contributed by atoms with van der Waals surface area (Å²) in [6, 6.07) is 18.6. The number of anilines is 1. The van der Waals surface area contributed by atoms with Gasteiger partial charge in [-0.25, -0.2) is 4.79 Å². The van der Waals surface area contributed by atoms with Gasteiger partial charge in [-0.2, -0.15) is 5.26 Å². The molecular formula is C26H30N4O3S. The molecule has 8 heteroatoms. The van der Waals surface area contributed by atoms with Crippen LogP contribution in [0, 0.1) is 11.3 Å². The van der Waals surface area contributed by atoms with Crippen molar-refractivity contribution in [1.29, 1.82) is 5.26 Å². The maximum Gasteiger partial charge on any atom is 0.407 e. The van der Waals surface area contributed by atoms with Crippen LogP contribution in [-0.4, -0.2) is 59.5 Å². The van der Waals surface area contributed by atoms with E-state index in [-0.39, 0.29) is 12.5 Å². The number of nitrogens with zero attached hydrogens (tertiary/aromatic N) is 3. The predicted octanol–water partition coefficient (Wildman–Crippen LogP) is 4.59. The molecule has 2 aromatic rings. The summed E-state index contributed by atoms with van der Waals surface area (Å²) >= 11 is 1.63. The molecule has 0 spiro atoms. The largest absolute Gasteiger partial charge is 0.465 e. The van der Waals surface area contributed by atoms with Gasteiger partial charge in [-0.05, 0) is 42.2 Å². The summed E-state index contributed by atoms with van der Waals surface area (Å²) in [5.74, 6) is -0.0376. The molecule has 2 aromatic carbocycles. The van der Waals surface area contributed by atoms with Crippen LogP contribution in [0.25, 0.3) is 11.1 Å². The fourth-order valence-electron chi connectivity index (χ4n) is 4.79. The summed E-state index contributed by atoms with van der Waals surface area (Å²) in [5.41, 5.74) is 3.26. The van der Waals surface area contributed by atoms with Gasteiger partial charge < -0.3 is 20.2 Å². The Morgan fingerprint density at radius 2 is 1.68 bits per heavy atom. The highest BCUT2D eigenvalue weighted by Crippen LogP contribution is 2.47. The zero-order valence-corrected chi connectivity index (χ0v) is 20.0. The molecule has 4 rings (SSSR count). The summed E-state index contributed by atoms with van der Waals surface area (Å²) in [6.45, 7) is 2.40. The van der Waals surface area contributed by atoms with Crippen LogP contribution in [-0.2, 0) is 4.79 Å². The number of carbonyl (C=O) groups is 2. The monoisotopic (exact) mass is 478 g/mol. The van der Waals surface area contributed by atoms with Crippen molar-refractivity contribution in [2.45, 2.75) is 41.7 Å². The van der Waals surface area contributed by atoms with E-state index < -0.39 is 10.8 Å². The summed E-state index contributed by atoms with van der Waals surface area (Å²) in [5, 5.41) is 20.9. The molecule has 2 fully saturated rings. The van der Waals surface area contributed by atoms with Gasteiger partial charge in [0.05, 0.1) is 10.8 Å². The highest BCUT2D eigenvalue weighted by molar-refractivity contribution is 8.01. The molecular weight excluding hydrogens is 448 g/mol. The SMILES string of the molecule is N#CCNC(=O)C1(Sc2ccccc2-c2ccc(N3CCN(C(=O)O)CC3)cc2)CCCCC1. The number of piperazine rings is 1. The van der Waals surface area contributed by atoms with Gasteiger partial charge in [-0.1, -0.05) is 49.6 Å². The van der Waals surface area contributed by atoms with Crippen molar-refractivity contribution in [2.24, 2.45) is 0 Å². The smallest absolute Gasteiger partial charge is 0.407 e. The topological polar surface area (TPSA) is 96.7 Å². The molecule has 0 atom stereocenters. The minimum Gasteiger partial charge on any atom is -0.465 e. The third kappa shape index (κ3) is 5.31. The Bertz CT molecular complexity index is 1050. The maximum absolute atomic E-state index is 13.1. The molecule has 2 amide bonds. The van der Waals surface area contributed by atoms with E-state index in [1.165, 1.54) is 4.90 Å². The minimum atomic E-state index is -0.860. The van der Waals surface area contributed by atoms with Crippen molar-refractivity contribution in [3.05, 3.63) is 48.5 Å². The molecule has 0 radical (unpaired) electrons. The van der Waals surface area contributed by atoms with E-state index in [4.69, 9.17) is 10.4 Å². The number of nitrogens with one attached hydrogen (secondary N) is 1. The lowest BCUT2D eigenvalue weighted by atomic mass is 9.87. The maximum atomic E-state index is 13.1. The molecule has 1 heterocycles. The van der Waals surface area contributed by atoms with Gasteiger partial charge in [0.15, 0.2) is 0 Å². The van der Waals surface area contributed by atoms with Crippen LogP contribution in [0.2, 0.25) is 0 Å². The lowest BCUT2D eigenvalue weighted by Gasteiger charge is -2.35. The first-order chi connectivity index (χ1) is 16.5. The molecule has 1 aliphatic carbocycles. The number of nitriles is 1.